The summed E-state index contributed by atoms with van der Waals surface area (Å²) in [7, 11) is 0. The minimum atomic E-state index is -0.807. The van der Waals surface area contributed by atoms with Crippen molar-refractivity contribution in [3.05, 3.63) is 97.2 Å². The molecule has 0 aliphatic rings. The number of esters is 3. The fourth-order valence-electron chi connectivity index (χ4n) is 6.64. The average Bonchev–Trinajstić information content (AvgIpc) is 3.27. The Labute approximate surface area is 381 Å². The minimum absolute atomic E-state index is 0.103. The molecule has 0 saturated heterocycles. The number of unbranched alkanes of at least 4 members (excludes halogenated alkanes) is 20. The van der Waals surface area contributed by atoms with Gasteiger partial charge in [0.1, 0.15) is 13.2 Å². The Hall–Kier alpha value is -3.67. The molecule has 6 heteroatoms. The number of carbonyl (C=O) groups excluding carboxylic acids is 3. The molecule has 1 atom stereocenters. The van der Waals surface area contributed by atoms with Crippen molar-refractivity contribution in [3.63, 3.8) is 0 Å². The fourth-order valence-corrected chi connectivity index (χ4v) is 6.64. The summed E-state index contributed by atoms with van der Waals surface area (Å²) in [5.74, 6) is -0.975. The van der Waals surface area contributed by atoms with Gasteiger partial charge in [0.15, 0.2) is 6.10 Å². The van der Waals surface area contributed by atoms with Crippen LogP contribution in [0.3, 0.4) is 0 Å². The Bertz CT molecular complexity index is 1260. The molecule has 0 N–H and O–H groups in total. The van der Waals surface area contributed by atoms with Crippen molar-refractivity contribution < 1.29 is 28.6 Å². The molecule has 0 bridgehead atoms. The third kappa shape index (κ3) is 47.4. The van der Waals surface area contributed by atoms with E-state index in [0.717, 1.165) is 103 Å². The van der Waals surface area contributed by atoms with E-state index in [4.69, 9.17) is 14.2 Å². The maximum absolute atomic E-state index is 12.8. The largest absolute Gasteiger partial charge is 0.462 e. The predicted molar refractivity (Wildman–Crippen MR) is 265 cm³/mol. The average molecular weight is 861 g/mol. The van der Waals surface area contributed by atoms with Gasteiger partial charge in [0.05, 0.1) is 0 Å². The molecule has 352 valence electrons. The van der Waals surface area contributed by atoms with E-state index in [-0.39, 0.29) is 31.1 Å². The molecule has 0 saturated carbocycles. The van der Waals surface area contributed by atoms with Crippen LogP contribution in [-0.2, 0) is 28.6 Å². The highest BCUT2D eigenvalue weighted by Gasteiger charge is 2.19. The third-order valence-electron chi connectivity index (χ3n) is 10.4. The van der Waals surface area contributed by atoms with Gasteiger partial charge in [-0.1, -0.05) is 201 Å². The fraction of sp³-hybridized carbons (Fsp3) is 0.661. The van der Waals surface area contributed by atoms with E-state index in [9.17, 15) is 14.4 Å². The van der Waals surface area contributed by atoms with Crippen molar-refractivity contribution in [2.45, 2.75) is 226 Å². The molecule has 0 aromatic carbocycles. The van der Waals surface area contributed by atoms with E-state index in [1.54, 1.807) is 0 Å². The first-order chi connectivity index (χ1) is 30.5. The van der Waals surface area contributed by atoms with Gasteiger partial charge in [-0.3, -0.25) is 14.4 Å². The molecular weight excluding hydrogens is 769 g/mol. The highest BCUT2D eigenvalue weighted by molar-refractivity contribution is 5.71. The van der Waals surface area contributed by atoms with Crippen LogP contribution in [-0.4, -0.2) is 37.2 Å². The van der Waals surface area contributed by atoms with Gasteiger partial charge < -0.3 is 14.2 Å². The van der Waals surface area contributed by atoms with E-state index in [1.807, 2.05) is 36.5 Å². The molecule has 0 radical (unpaired) electrons. The molecule has 1 unspecified atom stereocenters. The number of carbonyl (C=O) groups is 3. The second kappa shape index (κ2) is 50.0. The zero-order valence-electron chi connectivity index (χ0n) is 40.1. The smallest absolute Gasteiger partial charge is 0.306 e. The molecule has 0 amide bonds. The van der Waals surface area contributed by atoms with Crippen LogP contribution >= 0.6 is 0 Å². The van der Waals surface area contributed by atoms with Gasteiger partial charge in [-0.2, -0.15) is 0 Å². The summed E-state index contributed by atoms with van der Waals surface area (Å²) in [6.07, 6.45) is 65.3. The van der Waals surface area contributed by atoms with E-state index in [1.165, 1.54) is 77.0 Å². The zero-order valence-corrected chi connectivity index (χ0v) is 40.1. The van der Waals surface area contributed by atoms with E-state index in [2.05, 4.69) is 81.5 Å². The van der Waals surface area contributed by atoms with Crippen LogP contribution < -0.4 is 0 Å². The molecule has 0 heterocycles. The summed E-state index contributed by atoms with van der Waals surface area (Å²) >= 11 is 0. The van der Waals surface area contributed by atoms with Gasteiger partial charge >= 0.3 is 17.9 Å². The molecule has 0 rings (SSSR count). The Morgan fingerprint density at radius 2 is 0.710 bits per heavy atom. The standard InChI is InChI=1S/C56H92O6/c1-4-7-10-13-16-19-22-25-27-28-29-32-34-37-40-43-46-49-55(58)61-52-53(51-60-54(57)48-45-42-39-36-33-30-24-21-18-15-12-9-6-3)62-56(59)50-47-44-41-38-35-31-26-23-20-17-14-11-8-5-2/h8-9,11-12,15,17-18,20-21,24-27,30-31,33,53H,4-7,10,13-14,16,19,22-23,28-29,32,34-52H2,1-3H3/b11-8+,12-9+,18-15+,20-17+,24-21+,27-25+,31-26+,33-30+. The minimum Gasteiger partial charge on any atom is -0.462 e. The van der Waals surface area contributed by atoms with Gasteiger partial charge in [-0.05, 0) is 96.3 Å². The summed E-state index contributed by atoms with van der Waals surface area (Å²) < 4.78 is 16.7. The second-order valence-corrected chi connectivity index (χ2v) is 16.4. The van der Waals surface area contributed by atoms with E-state index >= 15 is 0 Å². The lowest BCUT2D eigenvalue weighted by atomic mass is 10.1. The van der Waals surface area contributed by atoms with Crippen molar-refractivity contribution in [3.8, 4) is 0 Å². The summed E-state index contributed by atoms with van der Waals surface area (Å²) in [5, 5.41) is 0. The molecule has 0 aliphatic heterocycles. The van der Waals surface area contributed by atoms with Gasteiger partial charge in [-0.25, -0.2) is 0 Å². The summed E-state index contributed by atoms with van der Waals surface area (Å²) in [6, 6.07) is 0. The van der Waals surface area contributed by atoms with Crippen molar-refractivity contribution in [1.82, 2.24) is 0 Å². The predicted octanol–water partition coefficient (Wildman–Crippen LogP) is 16.6. The van der Waals surface area contributed by atoms with E-state index in [0.29, 0.717) is 19.3 Å². The van der Waals surface area contributed by atoms with Crippen molar-refractivity contribution in [1.29, 1.82) is 0 Å². The highest BCUT2D eigenvalue weighted by atomic mass is 16.6. The molecule has 0 aromatic heterocycles. The van der Waals surface area contributed by atoms with Gasteiger partial charge in [-0.15, -0.1) is 0 Å². The monoisotopic (exact) mass is 861 g/mol. The van der Waals surface area contributed by atoms with Crippen molar-refractivity contribution in [2.75, 3.05) is 13.2 Å². The van der Waals surface area contributed by atoms with Crippen LogP contribution in [0.1, 0.15) is 220 Å². The lowest BCUT2D eigenvalue weighted by Gasteiger charge is -2.18. The number of ether oxygens (including phenoxy) is 3. The summed E-state index contributed by atoms with van der Waals surface area (Å²) in [4.78, 5) is 37.9. The van der Waals surface area contributed by atoms with Crippen LogP contribution in [0, 0.1) is 0 Å². The van der Waals surface area contributed by atoms with Gasteiger partial charge in [0.25, 0.3) is 0 Å². The number of hydrogen-bond donors (Lipinski definition) is 0. The number of allylic oxidation sites excluding steroid dienone is 16. The topological polar surface area (TPSA) is 78.9 Å². The van der Waals surface area contributed by atoms with Gasteiger partial charge in [0.2, 0.25) is 0 Å². The maximum Gasteiger partial charge on any atom is 0.306 e. The SMILES string of the molecule is CC/C=C/C=C/C=C/C=C/CCCCCC(=O)OCC(COC(=O)CCCCCCCCC/C=C/CCCCCCCC)OC(=O)CCCCCC/C=C/C/C=C/C/C=C/CC. The third-order valence-corrected chi connectivity index (χ3v) is 10.4. The second-order valence-electron chi connectivity index (χ2n) is 16.4. The number of hydrogen-bond acceptors (Lipinski definition) is 6. The molecular formula is C56H92O6. The molecule has 0 aromatic rings. The van der Waals surface area contributed by atoms with Crippen LogP contribution in [0.15, 0.2) is 97.2 Å². The molecule has 0 spiro atoms. The first-order valence-corrected chi connectivity index (χ1v) is 25.3. The van der Waals surface area contributed by atoms with Crippen molar-refractivity contribution >= 4 is 17.9 Å². The quantitative estimate of drug-likeness (QED) is 0.0200. The Morgan fingerprint density at radius 3 is 1.21 bits per heavy atom. The normalized spacial score (nSPS) is 12.9. The Balaban J connectivity index is 4.47. The zero-order chi connectivity index (χ0) is 45.1. The van der Waals surface area contributed by atoms with Crippen molar-refractivity contribution in [2.24, 2.45) is 0 Å². The lowest BCUT2D eigenvalue weighted by Crippen LogP contribution is -2.30. The van der Waals surface area contributed by atoms with Crippen LogP contribution in [0.25, 0.3) is 0 Å². The molecule has 62 heavy (non-hydrogen) atoms. The lowest BCUT2D eigenvalue weighted by molar-refractivity contribution is -0.167. The first-order valence-electron chi connectivity index (χ1n) is 25.3. The molecule has 6 nitrogen and oxygen atoms in total. The summed E-state index contributed by atoms with van der Waals surface area (Å²) in [6.45, 7) is 6.31. The first kappa shape index (κ1) is 58.3. The Morgan fingerprint density at radius 1 is 0.355 bits per heavy atom. The summed E-state index contributed by atoms with van der Waals surface area (Å²) in [5.41, 5.74) is 0. The molecule has 0 fully saturated rings. The highest BCUT2D eigenvalue weighted by Crippen LogP contribution is 2.13. The Kier molecular flexibility index (Phi) is 47.0. The van der Waals surface area contributed by atoms with Crippen LogP contribution in [0.2, 0.25) is 0 Å². The van der Waals surface area contributed by atoms with Crippen LogP contribution in [0.4, 0.5) is 0 Å². The van der Waals surface area contributed by atoms with Gasteiger partial charge in [0, 0.05) is 19.3 Å². The number of rotatable bonds is 44. The maximum atomic E-state index is 12.8. The van der Waals surface area contributed by atoms with Crippen LogP contribution in [0.5, 0.6) is 0 Å². The van der Waals surface area contributed by atoms with E-state index < -0.39 is 6.10 Å². The molecule has 0 aliphatic carbocycles.